The van der Waals surface area contributed by atoms with E-state index in [1.165, 1.54) is 12.0 Å². The maximum atomic E-state index is 13.7. The third-order valence-electron chi connectivity index (χ3n) is 5.39. The highest BCUT2D eigenvalue weighted by Crippen LogP contribution is 2.24. The van der Waals surface area contributed by atoms with E-state index in [2.05, 4.69) is 5.32 Å². The van der Waals surface area contributed by atoms with Crippen molar-refractivity contribution in [2.24, 2.45) is 0 Å². The Labute approximate surface area is 214 Å². The topological polar surface area (TPSA) is 105 Å². The highest BCUT2D eigenvalue weighted by atomic mass is 32.2. The van der Waals surface area contributed by atoms with Crippen LogP contribution in [0.2, 0.25) is 0 Å². The predicted octanol–water partition coefficient (Wildman–Crippen LogP) is 3.19. The van der Waals surface area contributed by atoms with Crippen molar-refractivity contribution < 1.29 is 27.5 Å². The van der Waals surface area contributed by atoms with Crippen LogP contribution in [0, 0.1) is 0 Å². The van der Waals surface area contributed by atoms with Crippen molar-refractivity contribution in [3.05, 3.63) is 54.1 Å². The molecular weight excluding hydrogens is 482 g/mol. The molecule has 2 aromatic rings. The van der Waals surface area contributed by atoms with Gasteiger partial charge in [0.1, 0.15) is 24.1 Å². The first-order valence-electron chi connectivity index (χ1n) is 11.6. The molecule has 0 bridgehead atoms. The number of hydrogen-bond acceptors (Lipinski definition) is 6. The summed E-state index contributed by atoms with van der Waals surface area (Å²) in [5.74, 6) is 0.245. The molecule has 36 heavy (non-hydrogen) atoms. The number of ether oxygens (including phenoxy) is 2. The Morgan fingerprint density at radius 1 is 1.00 bits per heavy atom. The van der Waals surface area contributed by atoms with Crippen LogP contribution in [0.4, 0.5) is 5.69 Å². The van der Waals surface area contributed by atoms with Crippen LogP contribution in [-0.4, -0.2) is 63.7 Å². The lowest BCUT2D eigenvalue weighted by atomic mass is 10.1. The van der Waals surface area contributed by atoms with Crippen molar-refractivity contribution in [2.45, 2.75) is 52.2 Å². The van der Waals surface area contributed by atoms with Crippen LogP contribution < -0.4 is 19.1 Å². The van der Waals surface area contributed by atoms with Gasteiger partial charge in [0.25, 0.3) is 0 Å². The Morgan fingerprint density at radius 2 is 1.58 bits per heavy atom. The number of nitrogens with zero attached hydrogens (tertiary/aromatic N) is 2. The molecule has 0 aliphatic rings. The predicted molar refractivity (Wildman–Crippen MR) is 141 cm³/mol. The molecule has 0 saturated carbocycles. The number of rotatable bonds is 11. The van der Waals surface area contributed by atoms with Gasteiger partial charge in [0.2, 0.25) is 21.8 Å². The Balaban J connectivity index is 2.49. The Hall–Kier alpha value is -3.27. The van der Waals surface area contributed by atoms with Crippen molar-refractivity contribution in [2.75, 3.05) is 31.3 Å². The van der Waals surface area contributed by atoms with Gasteiger partial charge in [-0.1, -0.05) is 25.1 Å². The smallest absolute Gasteiger partial charge is 0.244 e. The molecule has 10 heteroatoms. The molecule has 1 atom stereocenters. The fourth-order valence-electron chi connectivity index (χ4n) is 3.72. The lowest BCUT2D eigenvalue weighted by molar-refractivity contribution is -0.141. The minimum Gasteiger partial charge on any atom is -0.497 e. The zero-order valence-corrected chi connectivity index (χ0v) is 22.9. The van der Waals surface area contributed by atoms with Gasteiger partial charge in [-0.25, -0.2) is 8.42 Å². The number of carbonyl (C=O) groups excluding carboxylic acids is 2. The Kier molecular flexibility index (Phi) is 9.75. The Bertz CT molecular complexity index is 1160. The van der Waals surface area contributed by atoms with Crippen LogP contribution in [0.5, 0.6) is 11.5 Å². The molecule has 2 aromatic carbocycles. The third-order valence-corrected chi connectivity index (χ3v) is 6.53. The van der Waals surface area contributed by atoms with E-state index >= 15 is 0 Å². The van der Waals surface area contributed by atoms with Crippen LogP contribution in [-0.2, 0) is 26.2 Å². The molecule has 0 radical (unpaired) electrons. The van der Waals surface area contributed by atoms with Gasteiger partial charge in [0.05, 0.1) is 26.2 Å². The molecule has 1 N–H and O–H groups in total. The fourth-order valence-corrected chi connectivity index (χ4v) is 4.56. The van der Waals surface area contributed by atoms with E-state index in [1.54, 1.807) is 49.6 Å². The van der Waals surface area contributed by atoms with E-state index in [9.17, 15) is 18.0 Å². The van der Waals surface area contributed by atoms with Crippen LogP contribution in [0.1, 0.15) is 39.7 Å². The molecule has 0 saturated heterocycles. The maximum absolute atomic E-state index is 13.7. The second kappa shape index (κ2) is 12.1. The number of hydrogen-bond donors (Lipinski definition) is 1. The number of benzene rings is 2. The van der Waals surface area contributed by atoms with Crippen LogP contribution >= 0.6 is 0 Å². The van der Waals surface area contributed by atoms with E-state index in [-0.39, 0.29) is 12.5 Å². The van der Waals surface area contributed by atoms with E-state index in [0.29, 0.717) is 23.6 Å². The molecular formula is C26H37N3O6S. The second-order valence-electron chi connectivity index (χ2n) is 9.51. The fraction of sp³-hybridized carbons (Fsp3) is 0.462. The van der Waals surface area contributed by atoms with Gasteiger partial charge in [-0.05, 0) is 57.0 Å². The highest BCUT2D eigenvalue weighted by molar-refractivity contribution is 7.92. The molecule has 2 amide bonds. The largest absolute Gasteiger partial charge is 0.497 e. The van der Waals surface area contributed by atoms with Gasteiger partial charge in [0.15, 0.2) is 0 Å². The van der Waals surface area contributed by atoms with Crippen LogP contribution in [0.25, 0.3) is 0 Å². The van der Waals surface area contributed by atoms with Crippen molar-refractivity contribution in [1.82, 2.24) is 10.2 Å². The normalized spacial score (nSPS) is 12.4. The van der Waals surface area contributed by atoms with Gasteiger partial charge >= 0.3 is 0 Å². The number of carbonyl (C=O) groups is 2. The maximum Gasteiger partial charge on any atom is 0.244 e. The third kappa shape index (κ3) is 8.15. The van der Waals surface area contributed by atoms with Crippen LogP contribution in [0.15, 0.2) is 48.5 Å². The number of amides is 2. The summed E-state index contributed by atoms with van der Waals surface area (Å²) in [5, 5.41) is 2.94. The first kappa shape index (κ1) is 29.0. The minimum absolute atomic E-state index is 0.0990. The van der Waals surface area contributed by atoms with Gasteiger partial charge in [0, 0.05) is 18.2 Å². The molecule has 0 spiro atoms. The summed E-state index contributed by atoms with van der Waals surface area (Å²) < 4.78 is 37.0. The summed E-state index contributed by atoms with van der Waals surface area (Å²) in [7, 11) is -0.803. The molecule has 0 heterocycles. The molecule has 0 aliphatic heterocycles. The quantitative estimate of drug-likeness (QED) is 0.489. The van der Waals surface area contributed by atoms with Crippen molar-refractivity contribution >= 4 is 27.5 Å². The van der Waals surface area contributed by atoms with E-state index in [0.717, 1.165) is 16.1 Å². The molecule has 0 aromatic heterocycles. The number of sulfonamides is 1. The lowest BCUT2D eigenvalue weighted by Gasteiger charge is -2.34. The van der Waals surface area contributed by atoms with Crippen molar-refractivity contribution in [3.8, 4) is 11.5 Å². The summed E-state index contributed by atoms with van der Waals surface area (Å²) in [6, 6.07) is 12.9. The molecule has 0 fully saturated rings. The van der Waals surface area contributed by atoms with Crippen molar-refractivity contribution in [3.63, 3.8) is 0 Å². The zero-order valence-electron chi connectivity index (χ0n) is 22.1. The first-order valence-corrected chi connectivity index (χ1v) is 13.5. The van der Waals surface area contributed by atoms with E-state index in [4.69, 9.17) is 9.47 Å². The van der Waals surface area contributed by atoms with Gasteiger partial charge in [-0.2, -0.15) is 0 Å². The summed E-state index contributed by atoms with van der Waals surface area (Å²) in [6.45, 7) is 7.02. The summed E-state index contributed by atoms with van der Waals surface area (Å²) in [4.78, 5) is 28.4. The summed E-state index contributed by atoms with van der Waals surface area (Å²) in [6.07, 6.45) is 1.38. The first-order chi connectivity index (χ1) is 16.8. The Morgan fingerprint density at radius 3 is 2.11 bits per heavy atom. The van der Waals surface area contributed by atoms with Gasteiger partial charge in [-0.15, -0.1) is 0 Å². The standard InChI is InChI=1S/C26H37N3O6S/c1-8-23(25(31)27-26(2,3)4)28(17-19-11-9-13-21(15-19)34-5)24(30)18-29(36(7,32)33)20-12-10-14-22(16-20)35-6/h9-16,23H,8,17-18H2,1-7H3,(H,27,31)/t23-/m1/s1. The van der Waals surface area contributed by atoms with Crippen molar-refractivity contribution in [1.29, 1.82) is 0 Å². The molecule has 0 unspecified atom stereocenters. The number of nitrogens with one attached hydrogen (secondary N) is 1. The zero-order chi connectivity index (χ0) is 27.1. The summed E-state index contributed by atoms with van der Waals surface area (Å²) in [5.41, 5.74) is 0.532. The van der Waals surface area contributed by atoms with E-state index < -0.39 is 34.1 Å². The average Bonchev–Trinajstić information content (AvgIpc) is 2.80. The lowest BCUT2D eigenvalue weighted by Crippen LogP contribution is -2.55. The second-order valence-corrected chi connectivity index (χ2v) is 11.4. The number of methoxy groups -OCH3 is 2. The number of anilines is 1. The van der Waals surface area contributed by atoms with Gasteiger partial charge < -0.3 is 19.7 Å². The monoisotopic (exact) mass is 519 g/mol. The summed E-state index contributed by atoms with van der Waals surface area (Å²) >= 11 is 0. The molecule has 0 aliphatic carbocycles. The van der Waals surface area contributed by atoms with E-state index in [1.807, 2.05) is 33.8 Å². The molecule has 9 nitrogen and oxygen atoms in total. The highest BCUT2D eigenvalue weighted by Gasteiger charge is 2.33. The molecule has 198 valence electrons. The average molecular weight is 520 g/mol. The minimum atomic E-state index is -3.83. The SMILES string of the molecule is CC[C@H](C(=O)NC(C)(C)C)N(Cc1cccc(OC)c1)C(=O)CN(c1cccc(OC)c1)S(C)(=O)=O. The van der Waals surface area contributed by atoms with Crippen LogP contribution in [0.3, 0.4) is 0 Å². The molecule has 2 rings (SSSR count). The van der Waals surface area contributed by atoms with Gasteiger partial charge in [-0.3, -0.25) is 13.9 Å².